The normalized spacial score (nSPS) is 23.1. The van der Waals surface area contributed by atoms with Crippen LogP contribution in [0.4, 0.5) is 8.78 Å². The molecule has 1 atom stereocenters. The van der Waals surface area contributed by atoms with Crippen LogP contribution in [0.2, 0.25) is 0 Å². The molecule has 0 aromatic carbocycles. The Kier molecular flexibility index (Phi) is 7.03. The van der Waals surface area contributed by atoms with E-state index in [1.165, 1.54) is 0 Å². The summed E-state index contributed by atoms with van der Waals surface area (Å²) in [5.74, 6) is 0. The van der Waals surface area contributed by atoms with Crippen LogP contribution in [0.15, 0.2) is 0 Å². The summed E-state index contributed by atoms with van der Waals surface area (Å²) >= 11 is 0. The highest BCUT2D eigenvalue weighted by Gasteiger charge is 2.22. The van der Waals surface area contributed by atoms with Gasteiger partial charge in [0.15, 0.2) is 0 Å². The quantitative estimate of drug-likeness (QED) is 0.663. The first-order valence-electron chi connectivity index (χ1n) is 4.12. The molecule has 1 unspecified atom stereocenters. The first-order chi connectivity index (χ1) is 6.10. The first-order valence-corrected chi connectivity index (χ1v) is 4.12. The van der Waals surface area contributed by atoms with E-state index in [2.05, 4.69) is 9.47 Å². The number of hydrogen-bond donors (Lipinski definition) is 0. The molecule has 13 heavy (non-hydrogen) atoms. The third kappa shape index (κ3) is 6.86. The third-order valence-electron chi connectivity index (χ3n) is 1.64. The second-order valence-electron chi connectivity index (χ2n) is 2.98. The van der Waals surface area contributed by atoms with E-state index in [-0.39, 0.29) is 6.10 Å². The molecule has 0 aromatic rings. The molecule has 0 radical (unpaired) electrons. The monoisotopic (exact) mass is 197 g/mol. The van der Waals surface area contributed by atoms with E-state index >= 15 is 0 Å². The van der Waals surface area contributed by atoms with Crippen LogP contribution in [0.25, 0.3) is 0 Å². The lowest BCUT2D eigenvalue weighted by Gasteiger charge is -2.09. The Hall–Kier alpha value is -0.260. The topological polar surface area (TPSA) is 21.7 Å². The Bertz CT molecular complexity index is 125. The van der Waals surface area contributed by atoms with Gasteiger partial charge < -0.3 is 14.4 Å². The predicted octanol–water partition coefficient (Wildman–Crippen LogP) is 1.19. The Balaban J connectivity index is 0.000000424. The van der Waals surface area contributed by atoms with Crippen LogP contribution in [0, 0.1) is 0 Å². The number of likely N-dealkylation sites (tertiary alicyclic amines) is 1. The molecule has 1 heterocycles. The van der Waals surface area contributed by atoms with Gasteiger partial charge in [-0.1, -0.05) is 0 Å². The molecule has 1 fully saturated rings. The van der Waals surface area contributed by atoms with Crippen LogP contribution < -0.4 is 0 Å². The van der Waals surface area contributed by atoms with Crippen molar-refractivity contribution in [1.29, 1.82) is 0 Å². The SMILES string of the molecule is CN1CCC(OC(F)F)C1.COC. The molecule has 0 bridgehead atoms. The zero-order chi connectivity index (χ0) is 10.3. The summed E-state index contributed by atoms with van der Waals surface area (Å²) in [5, 5.41) is 0. The number of methoxy groups -OCH3 is 1. The minimum absolute atomic E-state index is 0.259. The summed E-state index contributed by atoms with van der Waals surface area (Å²) in [6.45, 7) is -1.13. The van der Waals surface area contributed by atoms with Crippen molar-refractivity contribution >= 4 is 0 Å². The molecule has 1 aliphatic rings. The molecule has 0 aromatic heterocycles. The van der Waals surface area contributed by atoms with Gasteiger partial charge in [-0.25, -0.2) is 0 Å². The smallest absolute Gasteiger partial charge is 0.345 e. The van der Waals surface area contributed by atoms with Crippen molar-refractivity contribution < 1.29 is 18.3 Å². The minimum Gasteiger partial charge on any atom is -0.388 e. The van der Waals surface area contributed by atoms with Crippen LogP contribution in [0.3, 0.4) is 0 Å². The van der Waals surface area contributed by atoms with Crippen molar-refractivity contribution in [2.45, 2.75) is 19.1 Å². The second-order valence-corrected chi connectivity index (χ2v) is 2.98. The molecular formula is C8H17F2NO2. The maximum Gasteiger partial charge on any atom is 0.345 e. The van der Waals surface area contributed by atoms with Crippen molar-refractivity contribution in [3.05, 3.63) is 0 Å². The van der Waals surface area contributed by atoms with E-state index in [1.807, 2.05) is 11.9 Å². The fourth-order valence-corrected chi connectivity index (χ4v) is 1.15. The molecule has 3 nitrogen and oxygen atoms in total. The Morgan fingerprint density at radius 1 is 1.38 bits per heavy atom. The molecule has 1 saturated heterocycles. The highest BCUT2D eigenvalue weighted by Crippen LogP contribution is 2.13. The van der Waals surface area contributed by atoms with Crippen molar-refractivity contribution in [3.8, 4) is 0 Å². The van der Waals surface area contributed by atoms with Crippen LogP contribution in [-0.4, -0.2) is 52.0 Å². The molecule has 0 aliphatic carbocycles. The van der Waals surface area contributed by atoms with Gasteiger partial charge in [0, 0.05) is 27.3 Å². The van der Waals surface area contributed by atoms with E-state index in [0.29, 0.717) is 6.54 Å². The molecule has 0 saturated carbocycles. The van der Waals surface area contributed by atoms with Crippen LogP contribution >= 0.6 is 0 Å². The number of hydrogen-bond acceptors (Lipinski definition) is 3. The Morgan fingerprint density at radius 3 is 2.23 bits per heavy atom. The maximum absolute atomic E-state index is 11.6. The molecule has 0 spiro atoms. The number of halogens is 2. The van der Waals surface area contributed by atoms with E-state index in [4.69, 9.17) is 0 Å². The van der Waals surface area contributed by atoms with Crippen LogP contribution in [0.1, 0.15) is 6.42 Å². The Labute approximate surface area is 77.6 Å². The number of likely N-dealkylation sites (N-methyl/N-ethyl adjacent to an activating group) is 1. The third-order valence-corrected chi connectivity index (χ3v) is 1.64. The molecule has 1 aliphatic heterocycles. The van der Waals surface area contributed by atoms with Crippen molar-refractivity contribution in [2.24, 2.45) is 0 Å². The fourth-order valence-electron chi connectivity index (χ4n) is 1.15. The lowest BCUT2D eigenvalue weighted by atomic mass is 10.3. The van der Waals surface area contributed by atoms with Crippen molar-refractivity contribution in [2.75, 3.05) is 34.4 Å². The standard InChI is InChI=1S/C6H11F2NO.C2H6O/c1-9-3-2-5(4-9)10-6(7)8;1-3-2/h5-6H,2-4H2,1H3;1-2H3. The number of alkyl halides is 2. The summed E-state index contributed by atoms with van der Waals surface area (Å²) < 4.78 is 31.7. The first kappa shape index (κ1) is 12.7. The molecule has 1 rings (SSSR count). The molecular weight excluding hydrogens is 180 g/mol. The van der Waals surface area contributed by atoms with Crippen molar-refractivity contribution in [3.63, 3.8) is 0 Å². The number of rotatable bonds is 2. The van der Waals surface area contributed by atoms with Crippen LogP contribution in [0.5, 0.6) is 0 Å². The van der Waals surface area contributed by atoms with Gasteiger partial charge in [0.25, 0.3) is 0 Å². The summed E-state index contributed by atoms with van der Waals surface area (Å²) in [5.41, 5.74) is 0. The molecule has 80 valence electrons. The summed E-state index contributed by atoms with van der Waals surface area (Å²) in [6.07, 6.45) is 0.464. The molecule has 5 heteroatoms. The van der Waals surface area contributed by atoms with Gasteiger partial charge in [0.05, 0.1) is 6.10 Å². The summed E-state index contributed by atoms with van der Waals surface area (Å²) in [7, 11) is 5.15. The number of ether oxygens (including phenoxy) is 2. The average molecular weight is 197 g/mol. The molecule has 0 amide bonds. The predicted molar refractivity (Wildman–Crippen MR) is 45.9 cm³/mol. The highest BCUT2D eigenvalue weighted by atomic mass is 19.3. The van der Waals surface area contributed by atoms with Gasteiger partial charge in [-0.15, -0.1) is 0 Å². The highest BCUT2D eigenvalue weighted by molar-refractivity contribution is 4.72. The summed E-state index contributed by atoms with van der Waals surface area (Å²) in [4.78, 5) is 1.98. The van der Waals surface area contributed by atoms with Gasteiger partial charge in [-0.05, 0) is 13.5 Å². The van der Waals surface area contributed by atoms with E-state index < -0.39 is 6.61 Å². The second kappa shape index (κ2) is 7.17. The lowest BCUT2D eigenvalue weighted by Crippen LogP contribution is -2.20. The van der Waals surface area contributed by atoms with Gasteiger partial charge in [0.2, 0.25) is 0 Å². The fraction of sp³-hybridized carbons (Fsp3) is 1.00. The lowest BCUT2D eigenvalue weighted by molar-refractivity contribution is -0.158. The molecule has 0 N–H and O–H groups in total. The van der Waals surface area contributed by atoms with E-state index in [0.717, 1.165) is 13.0 Å². The largest absolute Gasteiger partial charge is 0.388 e. The van der Waals surface area contributed by atoms with Gasteiger partial charge in [0.1, 0.15) is 0 Å². The zero-order valence-corrected chi connectivity index (χ0v) is 8.30. The minimum atomic E-state index is -2.61. The van der Waals surface area contributed by atoms with Gasteiger partial charge in [-0.2, -0.15) is 8.78 Å². The van der Waals surface area contributed by atoms with Gasteiger partial charge in [-0.3, -0.25) is 0 Å². The summed E-state index contributed by atoms with van der Waals surface area (Å²) in [6, 6.07) is 0. The maximum atomic E-state index is 11.6. The average Bonchev–Trinajstić information content (AvgIpc) is 2.35. The van der Waals surface area contributed by atoms with Crippen LogP contribution in [-0.2, 0) is 9.47 Å². The van der Waals surface area contributed by atoms with Crippen molar-refractivity contribution in [1.82, 2.24) is 4.90 Å². The Morgan fingerprint density at radius 2 is 1.92 bits per heavy atom. The van der Waals surface area contributed by atoms with E-state index in [1.54, 1.807) is 14.2 Å². The zero-order valence-electron chi connectivity index (χ0n) is 8.30. The van der Waals surface area contributed by atoms with E-state index in [9.17, 15) is 8.78 Å². The number of nitrogens with zero attached hydrogens (tertiary/aromatic N) is 1. The van der Waals surface area contributed by atoms with Gasteiger partial charge >= 0.3 is 6.61 Å².